The quantitative estimate of drug-likeness (QED) is 0.942. The summed E-state index contributed by atoms with van der Waals surface area (Å²) in [5.41, 5.74) is 7.30. The van der Waals surface area contributed by atoms with E-state index in [2.05, 4.69) is 40.1 Å². The molecule has 3 heterocycles. The summed E-state index contributed by atoms with van der Waals surface area (Å²) in [6, 6.07) is 13.8. The number of nitrogens with zero attached hydrogens (tertiary/aromatic N) is 2. The number of primary amides is 1. The zero-order chi connectivity index (χ0) is 15.1. The number of amides is 1. The number of nitrogens with two attached hydrogens (primary N) is 1. The average molecular weight is 313 g/mol. The van der Waals surface area contributed by atoms with E-state index in [1.807, 2.05) is 11.4 Å². The normalized spacial score (nSPS) is 24.1. The molecule has 0 radical (unpaired) electrons. The van der Waals surface area contributed by atoms with Gasteiger partial charge in [0.2, 0.25) is 5.91 Å². The summed E-state index contributed by atoms with van der Waals surface area (Å²) in [6.07, 6.45) is 1.24. The Bertz CT molecular complexity index is 684. The second-order valence-electron chi connectivity index (χ2n) is 6.13. The maximum atomic E-state index is 11.2. The van der Waals surface area contributed by atoms with Gasteiger partial charge in [0.1, 0.15) is 0 Å². The predicted octanol–water partition coefficient (Wildman–Crippen LogP) is 2.31. The third-order valence-electron chi connectivity index (χ3n) is 4.74. The number of carbonyl (C=O) groups is 1. The van der Waals surface area contributed by atoms with Gasteiger partial charge >= 0.3 is 0 Å². The number of hydrogen-bond donors (Lipinski definition) is 1. The lowest BCUT2D eigenvalue weighted by Crippen LogP contribution is -2.45. The average Bonchev–Trinajstić information content (AvgIpc) is 3.23. The zero-order valence-electron chi connectivity index (χ0n) is 12.3. The summed E-state index contributed by atoms with van der Waals surface area (Å²) in [6.45, 7) is 3.13. The van der Waals surface area contributed by atoms with Crippen LogP contribution in [0.25, 0.3) is 0 Å². The molecule has 4 nitrogen and oxygen atoms in total. The Kier molecular flexibility index (Phi) is 3.39. The van der Waals surface area contributed by atoms with Crippen LogP contribution < -0.4 is 10.6 Å². The molecule has 0 unspecified atom stereocenters. The first-order valence-corrected chi connectivity index (χ1v) is 8.51. The Morgan fingerprint density at radius 1 is 1.23 bits per heavy atom. The lowest BCUT2D eigenvalue weighted by atomic mass is 10.2. The second-order valence-corrected chi connectivity index (χ2v) is 7.12. The molecule has 2 saturated heterocycles. The topological polar surface area (TPSA) is 49.6 Å². The summed E-state index contributed by atoms with van der Waals surface area (Å²) in [5, 5.41) is 1.86. The van der Waals surface area contributed by atoms with Crippen molar-refractivity contribution in [3.8, 4) is 0 Å². The van der Waals surface area contributed by atoms with Crippen LogP contribution in [0.3, 0.4) is 0 Å². The number of piperazine rings is 1. The summed E-state index contributed by atoms with van der Waals surface area (Å²) in [4.78, 5) is 17.5. The van der Waals surface area contributed by atoms with Crippen LogP contribution in [0.15, 0.2) is 41.8 Å². The van der Waals surface area contributed by atoms with E-state index in [1.165, 1.54) is 17.0 Å². The number of hydrogen-bond acceptors (Lipinski definition) is 4. The van der Waals surface area contributed by atoms with Crippen LogP contribution >= 0.6 is 11.3 Å². The van der Waals surface area contributed by atoms with Gasteiger partial charge in [-0.15, -0.1) is 11.3 Å². The van der Waals surface area contributed by atoms with Gasteiger partial charge in [0.05, 0.1) is 5.56 Å². The number of carbonyl (C=O) groups excluding carboxylic acids is 1. The third-order valence-corrected chi connectivity index (χ3v) is 5.66. The minimum atomic E-state index is -0.333. The Balaban J connectivity index is 1.42. The molecular weight excluding hydrogens is 294 g/mol. The standard InChI is InChI=1S/C17H19N3OS/c18-17(21)12-6-16(22-11-12)10-19-8-15-7-14(19)9-20(15)13-4-2-1-3-5-13/h1-6,11,14-15H,7-10H2,(H2,18,21)/t14-,15-/m0/s1. The molecule has 2 fully saturated rings. The summed E-state index contributed by atoms with van der Waals surface area (Å²) in [7, 11) is 0. The summed E-state index contributed by atoms with van der Waals surface area (Å²) < 4.78 is 0. The van der Waals surface area contributed by atoms with Gasteiger partial charge in [-0.2, -0.15) is 0 Å². The van der Waals surface area contributed by atoms with E-state index in [0.717, 1.165) is 19.6 Å². The molecule has 0 aliphatic carbocycles. The van der Waals surface area contributed by atoms with E-state index >= 15 is 0 Å². The van der Waals surface area contributed by atoms with Gasteiger partial charge in [-0.1, -0.05) is 18.2 Å². The third kappa shape index (κ3) is 2.40. The maximum absolute atomic E-state index is 11.2. The molecule has 1 aromatic heterocycles. The maximum Gasteiger partial charge on any atom is 0.249 e. The lowest BCUT2D eigenvalue weighted by molar-refractivity contribution is 0.100. The van der Waals surface area contributed by atoms with E-state index in [-0.39, 0.29) is 5.91 Å². The number of likely N-dealkylation sites (tertiary alicyclic amines) is 1. The van der Waals surface area contributed by atoms with Gasteiger partial charge in [0.15, 0.2) is 0 Å². The van der Waals surface area contributed by atoms with Crippen LogP contribution in [0.2, 0.25) is 0 Å². The summed E-state index contributed by atoms with van der Waals surface area (Å²) in [5.74, 6) is -0.333. The highest BCUT2D eigenvalue weighted by Crippen LogP contribution is 2.35. The van der Waals surface area contributed by atoms with E-state index in [1.54, 1.807) is 11.3 Å². The molecule has 2 bridgehead atoms. The fourth-order valence-electron chi connectivity index (χ4n) is 3.67. The minimum absolute atomic E-state index is 0.333. The number of rotatable bonds is 4. The van der Waals surface area contributed by atoms with Gasteiger partial charge in [-0.25, -0.2) is 0 Å². The lowest BCUT2D eigenvalue weighted by Gasteiger charge is -2.35. The molecule has 0 spiro atoms. The predicted molar refractivity (Wildman–Crippen MR) is 89.2 cm³/mol. The van der Waals surface area contributed by atoms with Crippen molar-refractivity contribution in [3.05, 3.63) is 52.2 Å². The highest BCUT2D eigenvalue weighted by atomic mass is 32.1. The molecule has 2 aliphatic rings. The van der Waals surface area contributed by atoms with Crippen molar-refractivity contribution in [1.82, 2.24) is 4.90 Å². The van der Waals surface area contributed by atoms with Crippen LogP contribution in [0.5, 0.6) is 0 Å². The Morgan fingerprint density at radius 2 is 2.05 bits per heavy atom. The first-order valence-electron chi connectivity index (χ1n) is 7.63. The number of anilines is 1. The van der Waals surface area contributed by atoms with Crippen LogP contribution in [0.4, 0.5) is 5.69 Å². The van der Waals surface area contributed by atoms with E-state index in [0.29, 0.717) is 17.6 Å². The molecule has 2 aliphatic heterocycles. The van der Waals surface area contributed by atoms with E-state index in [4.69, 9.17) is 5.73 Å². The first-order chi connectivity index (χ1) is 10.7. The molecule has 2 N–H and O–H groups in total. The Hall–Kier alpha value is -1.85. The smallest absolute Gasteiger partial charge is 0.249 e. The highest BCUT2D eigenvalue weighted by Gasteiger charge is 2.43. The Morgan fingerprint density at radius 3 is 2.68 bits per heavy atom. The summed E-state index contributed by atoms with van der Waals surface area (Å²) >= 11 is 1.63. The van der Waals surface area contributed by atoms with E-state index in [9.17, 15) is 4.79 Å². The van der Waals surface area contributed by atoms with Crippen LogP contribution in [-0.2, 0) is 6.54 Å². The molecule has 4 rings (SSSR count). The van der Waals surface area contributed by atoms with Crippen LogP contribution in [0, 0.1) is 0 Å². The fraction of sp³-hybridized carbons (Fsp3) is 0.353. The first kappa shape index (κ1) is 13.8. The monoisotopic (exact) mass is 313 g/mol. The molecule has 5 heteroatoms. The molecule has 2 atom stereocenters. The molecule has 1 aromatic carbocycles. The van der Waals surface area contributed by atoms with Gasteiger partial charge in [-0.05, 0) is 24.6 Å². The van der Waals surface area contributed by atoms with Gasteiger partial charge < -0.3 is 10.6 Å². The van der Waals surface area contributed by atoms with Crippen molar-refractivity contribution < 1.29 is 4.79 Å². The van der Waals surface area contributed by atoms with Crippen LogP contribution in [0.1, 0.15) is 21.7 Å². The molecule has 2 aromatic rings. The second kappa shape index (κ2) is 5.41. The number of para-hydroxylation sites is 1. The van der Waals surface area contributed by atoms with Gasteiger partial charge in [0, 0.05) is 47.7 Å². The largest absolute Gasteiger partial charge is 0.366 e. The fourth-order valence-corrected chi connectivity index (χ4v) is 4.57. The van der Waals surface area contributed by atoms with Crippen molar-refractivity contribution in [2.75, 3.05) is 18.0 Å². The Labute approximate surface area is 134 Å². The van der Waals surface area contributed by atoms with E-state index < -0.39 is 0 Å². The van der Waals surface area contributed by atoms with Crippen LogP contribution in [-0.4, -0.2) is 36.0 Å². The SMILES string of the molecule is NC(=O)c1csc(CN2C[C@@H]3C[C@H]2CN3c2ccccc2)c1. The van der Waals surface area contributed by atoms with Gasteiger partial charge in [-0.3, -0.25) is 9.69 Å². The molecule has 1 amide bonds. The molecular formula is C17H19N3OS. The van der Waals surface area contributed by atoms with Crippen molar-refractivity contribution in [2.24, 2.45) is 5.73 Å². The number of benzene rings is 1. The van der Waals surface area contributed by atoms with Crippen molar-refractivity contribution in [3.63, 3.8) is 0 Å². The zero-order valence-corrected chi connectivity index (χ0v) is 13.1. The number of thiophene rings is 1. The molecule has 22 heavy (non-hydrogen) atoms. The van der Waals surface area contributed by atoms with Gasteiger partial charge in [0.25, 0.3) is 0 Å². The van der Waals surface area contributed by atoms with Crippen molar-refractivity contribution in [1.29, 1.82) is 0 Å². The van der Waals surface area contributed by atoms with Crippen molar-refractivity contribution in [2.45, 2.75) is 25.0 Å². The van der Waals surface area contributed by atoms with Crippen molar-refractivity contribution >= 4 is 22.9 Å². The molecule has 114 valence electrons. The highest BCUT2D eigenvalue weighted by molar-refractivity contribution is 7.10. The minimum Gasteiger partial charge on any atom is -0.366 e. The number of fused-ring (bicyclic) bond motifs is 2. The molecule has 0 saturated carbocycles.